The van der Waals surface area contributed by atoms with Crippen LogP contribution in [0.3, 0.4) is 0 Å². The summed E-state index contributed by atoms with van der Waals surface area (Å²) in [5, 5.41) is 3.50. The fraction of sp³-hybridized carbons (Fsp3) is 0.606. The maximum atomic E-state index is 15.8. The Kier molecular flexibility index (Phi) is 7.69. The number of benzene rings is 2. The fourth-order valence-electron chi connectivity index (χ4n) is 8.20. The Bertz CT molecular complexity index is 1170. The molecule has 5 nitrogen and oxygen atoms in total. The third kappa shape index (κ3) is 4.88. The summed E-state index contributed by atoms with van der Waals surface area (Å²) in [6, 6.07) is 14.3. The summed E-state index contributed by atoms with van der Waals surface area (Å²) in [7, 11) is 1.64. The van der Waals surface area contributed by atoms with Crippen molar-refractivity contribution in [2.24, 2.45) is 11.8 Å². The highest BCUT2D eigenvalue weighted by Crippen LogP contribution is 2.47. The standard InChI is InChI=1S/C33H43FN2O3/c1-22-17-26-30(38-2)14-13-28(34)31(26)33(21-39-22)20-35-19-27(33)32(37)36-16-15-25(23-9-5-3-6-10-23)18-29(36)24-11-7-4-8-12-24/h3,5-6,9-10,13-14,22,24-25,27,29,35H,4,7-8,11-12,15-21H2,1-2H3/t22?,25-,27?,29+,33+/m1/s1. The second-order valence-electron chi connectivity index (χ2n) is 12.4. The summed E-state index contributed by atoms with van der Waals surface area (Å²) >= 11 is 0. The minimum Gasteiger partial charge on any atom is -0.496 e. The normalized spacial score (nSPS) is 31.6. The van der Waals surface area contributed by atoms with Crippen molar-refractivity contribution in [3.63, 3.8) is 0 Å². The van der Waals surface area contributed by atoms with Crippen molar-refractivity contribution in [2.45, 2.75) is 81.8 Å². The maximum Gasteiger partial charge on any atom is 0.228 e. The van der Waals surface area contributed by atoms with E-state index in [1.165, 1.54) is 43.7 Å². The highest BCUT2D eigenvalue weighted by atomic mass is 19.1. The van der Waals surface area contributed by atoms with Gasteiger partial charge >= 0.3 is 0 Å². The summed E-state index contributed by atoms with van der Waals surface area (Å²) in [5.74, 6) is 1.24. The number of rotatable bonds is 4. The van der Waals surface area contributed by atoms with Crippen LogP contribution in [0, 0.1) is 17.7 Å². The number of carbonyl (C=O) groups is 1. The molecule has 5 atom stereocenters. The SMILES string of the molecule is COc1ccc(F)c2c1CC(C)OC[C@]21CNCC1C(=O)N1CC[C@@H](c2ccccc2)C[C@H]1C1CCCCC1. The van der Waals surface area contributed by atoms with Gasteiger partial charge in [-0.15, -0.1) is 0 Å². The van der Waals surface area contributed by atoms with Crippen LogP contribution in [0.1, 0.15) is 74.5 Å². The van der Waals surface area contributed by atoms with Gasteiger partial charge in [-0.25, -0.2) is 4.39 Å². The van der Waals surface area contributed by atoms with Crippen LogP contribution in [-0.4, -0.2) is 56.3 Å². The molecule has 1 spiro atoms. The molecule has 2 aromatic carbocycles. The molecule has 1 N–H and O–H groups in total. The Balaban J connectivity index is 1.36. The zero-order chi connectivity index (χ0) is 27.0. The van der Waals surface area contributed by atoms with Gasteiger partial charge in [0.25, 0.3) is 0 Å². The Morgan fingerprint density at radius 3 is 2.67 bits per heavy atom. The maximum absolute atomic E-state index is 15.8. The van der Waals surface area contributed by atoms with Gasteiger partial charge in [0, 0.05) is 48.6 Å². The lowest BCUT2D eigenvalue weighted by Gasteiger charge is -2.47. The molecule has 3 heterocycles. The average Bonchev–Trinajstić information content (AvgIpc) is 3.34. The lowest BCUT2D eigenvalue weighted by molar-refractivity contribution is -0.144. The van der Waals surface area contributed by atoms with Crippen LogP contribution < -0.4 is 10.1 Å². The van der Waals surface area contributed by atoms with E-state index in [0.29, 0.717) is 49.3 Å². The highest BCUT2D eigenvalue weighted by Gasteiger charge is 2.54. The Morgan fingerprint density at radius 1 is 1.10 bits per heavy atom. The van der Waals surface area contributed by atoms with E-state index < -0.39 is 5.41 Å². The van der Waals surface area contributed by atoms with Crippen LogP contribution in [0.4, 0.5) is 4.39 Å². The third-order valence-electron chi connectivity index (χ3n) is 10.2. The number of hydrogen-bond acceptors (Lipinski definition) is 4. The molecule has 0 bridgehead atoms. The van der Waals surface area contributed by atoms with Crippen molar-refractivity contribution in [1.29, 1.82) is 0 Å². The first-order valence-electron chi connectivity index (χ1n) is 15.1. The molecule has 2 unspecified atom stereocenters. The van der Waals surface area contributed by atoms with Crippen LogP contribution in [0.2, 0.25) is 0 Å². The second-order valence-corrected chi connectivity index (χ2v) is 12.4. The first-order chi connectivity index (χ1) is 19.0. The van der Waals surface area contributed by atoms with Gasteiger partial charge in [0.1, 0.15) is 11.6 Å². The summed E-state index contributed by atoms with van der Waals surface area (Å²) in [5.41, 5.74) is 2.13. The second kappa shape index (κ2) is 11.2. The fourth-order valence-corrected chi connectivity index (χ4v) is 8.20. The molecule has 1 amide bonds. The van der Waals surface area contributed by atoms with E-state index >= 15 is 4.39 Å². The number of likely N-dealkylation sites (tertiary alicyclic amines) is 1. The Labute approximate surface area is 232 Å². The van der Waals surface area contributed by atoms with Crippen molar-refractivity contribution >= 4 is 5.91 Å². The predicted octanol–water partition coefficient (Wildman–Crippen LogP) is 5.61. The monoisotopic (exact) mass is 534 g/mol. The largest absolute Gasteiger partial charge is 0.496 e. The van der Waals surface area contributed by atoms with Crippen LogP contribution in [0.5, 0.6) is 5.75 Å². The van der Waals surface area contributed by atoms with Crippen molar-refractivity contribution in [3.8, 4) is 5.75 Å². The number of methoxy groups -OCH3 is 1. The topological polar surface area (TPSA) is 50.8 Å². The number of nitrogens with one attached hydrogen (secondary N) is 1. The molecule has 210 valence electrons. The van der Waals surface area contributed by atoms with Crippen molar-refractivity contribution in [1.82, 2.24) is 10.2 Å². The number of halogens is 1. The molecule has 0 radical (unpaired) electrons. The smallest absolute Gasteiger partial charge is 0.228 e. The molecular formula is C33H43FN2O3. The summed E-state index contributed by atoms with van der Waals surface area (Å²) in [6.07, 6.45) is 8.66. The first-order valence-corrected chi connectivity index (χ1v) is 15.1. The lowest BCUT2D eigenvalue weighted by atomic mass is 9.69. The average molecular weight is 535 g/mol. The first kappa shape index (κ1) is 26.8. The van der Waals surface area contributed by atoms with Crippen molar-refractivity contribution < 1.29 is 18.7 Å². The van der Waals surface area contributed by atoms with Gasteiger partial charge in [-0.3, -0.25) is 4.79 Å². The molecule has 6 rings (SSSR count). The lowest BCUT2D eigenvalue weighted by Crippen LogP contribution is -2.55. The number of ether oxygens (including phenoxy) is 2. The molecule has 4 aliphatic rings. The van der Waals surface area contributed by atoms with E-state index in [4.69, 9.17) is 9.47 Å². The van der Waals surface area contributed by atoms with Crippen molar-refractivity contribution in [3.05, 3.63) is 65.0 Å². The van der Waals surface area contributed by atoms with Gasteiger partial charge in [0.05, 0.1) is 25.7 Å². The van der Waals surface area contributed by atoms with E-state index in [9.17, 15) is 4.79 Å². The van der Waals surface area contributed by atoms with Gasteiger partial charge in [-0.05, 0) is 62.1 Å². The summed E-state index contributed by atoms with van der Waals surface area (Å²) in [6.45, 7) is 4.20. The summed E-state index contributed by atoms with van der Waals surface area (Å²) < 4.78 is 27.8. The van der Waals surface area contributed by atoms with E-state index in [1.54, 1.807) is 13.2 Å². The number of nitrogens with zero attached hydrogens (tertiary/aromatic N) is 1. The number of amides is 1. The third-order valence-corrected chi connectivity index (χ3v) is 10.2. The number of fused-ring (bicyclic) bond motifs is 2. The van der Waals surface area contributed by atoms with Crippen LogP contribution in [0.25, 0.3) is 0 Å². The molecule has 2 saturated heterocycles. The molecular weight excluding hydrogens is 491 g/mol. The molecule has 6 heteroatoms. The number of hydrogen-bond donors (Lipinski definition) is 1. The predicted molar refractivity (Wildman–Crippen MR) is 151 cm³/mol. The summed E-state index contributed by atoms with van der Waals surface area (Å²) in [4.78, 5) is 16.9. The minimum atomic E-state index is -0.747. The zero-order valence-electron chi connectivity index (χ0n) is 23.5. The van der Waals surface area contributed by atoms with E-state index in [2.05, 4.69) is 40.5 Å². The number of piperidine rings is 1. The molecule has 3 fully saturated rings. The zero-order valence-corrected chi connectivity index (χ0v) is 23.5. The van der Waals surface area contributed by atoms with Crippen LogP contribution in [-0.2, 0) is 21.4 Å². The number of carbonyl (C=O) groups excluding carboxylic acids is 1. The van der Waals surface area contributed by atoms with Crippen LogP contribution in [0.15, 0.2) is 42.5 Å². The molecule has 1 aliphatic carbocycles. The van der Waals surface area contributed by atoms with Crippen molar-refractivity contribution in [2.75, 3.05) is 33.4 Å². The Morgan fingerprint density at radius 2 is 1.90 bits per heavy atom. The molecule has 2 aromatic rings. The van der Waals surface area contributed by atoms with Gasteiger partial charge in [-0.1, -0.05) is 49.6 Å². The van der Waals surface area contributed by atoms with Gasteiger partial charge < -0.3 is 19.7 Å². The van der Waals surface area contributed by atoms with E-state index in [-0.39, 0.29) is 29.8 Å². The van der Waals surface area contributed by atoms with Gasteiger partial charge in [-0.2, -0.15) is 0 Å². The molecule has 3 aliphatic heterocycles. The van der Waals surface area contributed by atoms with Gasteiger partial charge in [0.2, 0.25) is 5.91 Å². The van der Waals surface area contributed by atoms with E-state index in [0.717, 1.165) is 24.9 Å². The molecule has 0 aromatic heterocycles. The molecule has 1 saturated carbocycles. The quantitative estimate of drug-likeness (QED) is 0.554. The molecule has 39 heavy (non-hydrogen) atoms. The highest BCUT2D eigenvalue weighted by molar-refractivity contribution is 5.82. The van der Waals surface area contributed by atoms with E-state index in [1.807, 2.05) is 6.92 Å². The van der Waals surface area contributed by atoms with Gasteiger partial charge in [0.15, 0.2) is 0 Å². The minimum absolute atomic E-state index is 0.0771. The Hall–Kier alpha value is -2.44. The van der Waals surface area contributed by atoms with Crippen LogP contribution >= 0.6 is 0 Å².